The molecule has 16 heavy (non-hydrogen) atoms. The lowest BCUT2D eigenvalue weighted by Crippen LogP contribution is -2.47. The van der Waals surface area contributed by atoms with Gasteiger partial charge in [0.05, 0.1) is 6.26 Å². The number of ether oxygens (including phenoxy) is 2. The highest BCUT2D eigenvalue weighted by Gasteiger charge is 2.35. The molecule has 2 heterocycles. The molecular formula is C12H19NO3. The molecular weight excluding hydrogens is 206 g/mol. The van der Waals surface area contributed by atoms with Crippen LogP contribution < -0.4 is 5.32 Å². The maximum absolute atomic E-state index is 5.48. The van der Waals surface area contributed by atoms with Crippen LogP contribution in [0.4, 0.5) is 0 Å². The van der Waals surface area contributed by atoms with Crippen LogP contribution in [0.2, 0.25) is 0 Å². The number of methoxy groups -OCH3 is 2. The van der Waals surface area contributed by atoms with Gasteiger partial charge in [0, 0.05) is 44.7 Å². The number of fused-ring (bicyclic) bond motifs is 1. The van der Waals surface area contributed by atoms with Crippen molar-refractivity contribution >= 4 is 0 Å². The summed E-state index contributed by atoms with van der Waals surface area (Å²) in [6.07, 6.45) is 3.28. The van der Waals surface area contributed by atoms with E-state index in [4.69, 9.17) is 13.9 Å². The van der Waals surface area contributed by atoms with Crippen LogP contribution in [0.3, 0.4) is 0 Å². The van der Waals surface area contributed by atoms with E-state index in [0.717, 1.165) is 25.1 Å². The van der Waals surface area contributed by atoms with Gasteiger partial charge in [-0.05, 0) is 13.0 Å². The van der Waals surface area contributed by atoms with E-state index < -0.39 is 0 Å². The molecule has 4 heteroatoms. The van der Waals surface area contributed by atoms with Crippen LogP contribution >= 0.6 is 0 Å². The van der Waals surface area contributed by atoms with Gasteiger partial charge in [-0.15, -0.1) is 0 Å². The van der Waals surface area contributed by atoms with Crippen molar-refractivity contribution in [3.8, 4) is 0 Å². The first-order valence-corrected chi connectivity index (χ1v) is 5.57. The summed E-state index contributed by atoms with van der Waals surface area (Å²) >= 11 is 0. The standard InChI is InChI=1S/C12H19NO3/c1-12(8-11(14-2)15-3)9-5-7-16-10(9)4-6-13-12/h5,7,11,13H,4,6,8H2,1-3H3. The quantitative estimate of drug-likeness (QED) is 0.791. The van der Waals surface area contributed by atoms with Crippen LogP contribution in [-0.4, -0.2) is 27.1 Å². The normalized spacial score (nSPS) is 24.8. The van der Waals surface area contributed by atoms with Gasteiger partial charge < -0.3 is 19.2 Å². The van der Waals surface area contributed by atoms with Gasteiger partial charge in [0.15, 0.2) is 6.29 Å². The number of rotatable bonds is 4. The van der Waals surface area contributed by atoms with Gasteiger partial charge in [0.2, 0.25) is 0 Å². The molecule has 0 bridgehead atoms. The summed E-state index contributed by atoms with van der Waals surface area (Å²) in [4.78, 5) is 0. The molecule has 0 aromatic carbocycles. The fourth-order valence-electron chi connectivity index (χ4n) is 2.35. The highest BCUT2D eigenvalue weighted by Crippen LogP contribution is 2.33. The van der Waals surface area contributed by atoms with Gasteiger partial charge >= 0.3 is 0 Å². The predicted molar refractivity (Wildman–Crippen MR) is 60.2 cm³/mol. The summed E-state index contributed by atoms with van der Waals surface area (Å²) in [5.41, 5.74) is 1.09. The SMILES string of the molecule is COC(CC1(C)NCCc2occc21)OC. The molecule has 4 nitrogen and oxygen atoms in total. The monoisotopic (exact) mass is 225 g/mol. The lowest BCUT2D eigenvalue weighted by Gasteiger charge is -2.36. The topological polar surface area (TPSA) is 43.6 Å². The Morgan fingerprint density at radius 1 is 1.50 bits per heavy atom. The van der Waals surface area contributed by atoms with E-state index >= 15 is 0 Å². The molecule has 1 N–H and O–H groups in total. The van der Waals surface area contributed by atoms with E-state index in [-0.39, 0.29) is 11.8 Å². The van der Waals surface area contributed by atoms with E-state index in [1.165, 1.54) is 5.56 Å². The van der Waals surface area contributed by atoms with Crippen molar-refractivity contribution in [1.82, 2.24) is 5.32 Å². The highest BCUT2D eigenvalue weighted by molar-refractivity contribution is 5.29. The molecule has 2 rings (SSSR count). The second-order valence-electron chi connectivity index (χ2n) is 4.37. The Balaban J connectivity index is 2.20. The molecule has 0 saturated heterocycles. The largest absolute Gasteiger partial charge is 0.469 e. The molecule has 90 valence electrons. The number of furan rings is 1. The number of hydrogen-bond acceptors (Lipinski definition) is 4. The minimum atomic E-state index is -0.196. The molecule has 0 radical (unpaired) electrons. The lowest BCUT2D eigenvalue weighted by atomic mass is 9.85. The van der Waals surface area contributed by atoms with Gasteiger partial charge in [-0.2, -0.15) is 0 Å². The molecule has 0 amide bonds. The minimum Gasteiger partial charge on any atom is -0.469 e. The van der Waals surface area contributed by atoms with Crippen molar-refractivity contribution in [2.24, 2.45) is 0 Å². The summed E-state index contributed by atoms with van der Waals surface area (Å²) in [6.45, 7) is 3.09. The molecule has 0 fully saturated rings. The molecule has 1 aromatic heterocycles. The van der Waals surface area contributed by atoms with Crippen molar-refractivity contribution in [3.05, 3.63) is 23.7 Å². The van der Waals surface area contributed by atoms with Crippen LogP contribution in [0.15, 0.2) is 16.7 Å². The molecule has 0 saturated carbocycles. The zero-order chi connectivity index (χ0) is 11.6. The van der Waals surface area contributed by atoms with Gasteiger partial charge in [0.25, 0.3) is 0 Å². The van der Waals surface area contributed by atoms with E-state index in [1.54, 1.807) is 20.5 Å². The average Bonchev–Trinajstić information content (AvgIpc) is 2.76. The fraction of sp³-hybridized carbons (Fsp3) is 0.667. The minimum absolute atomic E-state index is 0.128. The van der Waals surface area contributed by atoms with Gasteiger partial charge in [-0.25, -0.2) is 0 Å². The summed E-state index contributed by atoms with van der Waals surface area (Å²) < 4.78 is 16.0. The molecule has 1 aromatic rings. The Hall–Kier alpha value is -0.840. The van der Waals surface area contributed by atoms with Crippen molar-refractivity contribution in [2.45, 2.75) is 31.6 Å². The van der Waals surface area contributed by atoms with E-state index in [2.05, 4.69) is 12.2 Å². The molecule has 1 atom stereocenters. The Morgan fingerprint density at radius 3 is 2.94 bits per heavy atom. The summed E-state index contributed by atoms with van der Waals surface area (Å²) in [5, 5.41) is 3.52. The average molecular weight is 225 g/mol. The van der Waals surface area contributed by atoms with Gasteiger partial charge in [-0.3, -0.25) is 0 Å². The first kappa shape index (κ1) is 11.6. The Bertz CT molecular complexity index is 346. The molecule has 1 aliphatic heterocycles. The highest BCUT2D eigenvalue weighted by atomic mass is 16.7. The maximum Gasteiger partial charge on any atom is 0.158 e. The first-order valence-electron chi connectivity index (χ1n) is 5.57. The van der Waals surface area contributed by atoms with Gasteiger partial charge in [0.1, 0.15) is 5.76 Å². The number of hydrogen-bond donors (Lipinski definition) is 1. The van der Waals surface area contributed by atoms with Crippen molar-refractivity contribution in [1.29, 1.82) is 0 Å². The van der Waals surface area contributed by atoms with Crippen LogP contribution in [0, 0.1) is 0 Å². The number of nitrogens with one attached hydrogen (secondary N) is 1. The van der Waals surface area contributed by atoms with Crippen LogP contribution in [0.25, 0.3) is 0 Å². The van der Waals surface area contributed by atoms with E-state index in [9.17, 15) is 0 Å². The second kappa shape index (κ2) is 4.57. The molecule has 1 aliphatic rings. The maximum atomic E-state index is 5.48. The Kier molecular flexibility index (Phi) is 3.33. The summed E-state index contributed by atoms with van der Waals surface area (Å²) in [6, 6.07) is 2.03. The van der Waals surface area contributed by atoms with E-state index in [0.29, 0.717) is 0 Å². The van der Waals surface area contributed by atoms with Crippen molar-refractivity contribution < 1.29 is 13.9 Å². The summed E-state index contributed by atoms with van der Waals surface area (Å²) in [7, 11) is 3.33. The van der Waals surface area contributed by atoms with Crippen molar-refractivity contribution in [2.75, 3.05) is 20.8 Å². The smallest absolute Gasteiger partial charge is 0.158 e. The summed E-state index contributed by atoms with van der Waals surface area (Å²) in [5.74, 6) is 1.08. The zero-order valence-corrected chi connectivity index (χ0v) is 10.1. The molecule has 0 aliphatic carbocycles. The van der Waals surface area contributed by atoms with Crippen LogP contribution in [-0.2, 0) is 21.4 Å². The first-order chi connectivity index (χ1) is 7.69. The molecule has 1 unspecified atom stereocenters. The predicted octanol–water partition coefficient (Wildman–Crippen LogP) is 1.65. The van der Waals surface area contributed by atoms with Gasteiger partial charge in [-0.1, -0.05) is 0 Å². The Labute approximate surface area is 95.9 Å². The third-order valence-corrected chi connectivity index (χ3v) is 3.31. The molecule has 0 spiro atoms. The van der Waals surface area contributed by atoms with Crippen LogP contribution in [0.5, 0.6) is 0 Å². The fourth-order valence-corrected chi connectivity index (χ4v) is 2.35. The van der Waals surface area contributed by atoms with Crippen LogP contribution in [0.1, 0.15) is 24.7 Å². The second-order valence-corrected chi connectivity index (χ2v) is 4.37. The van der Waals surface area contributed by atoms with E-state index in [1.807, 2.05) is 6.07 Å². The lowest BCUT2D eigenvalue weighted by molar-refractivity contribution is -0.119. The third-order valence-electron chi connectivity index (χ3n) is 3.31. The Morgan fingerprint density at radius 2 is 2.25 bits per heavy atom. The zero-order valence-electron chi connectivity index (χ0n) is 10.1. The third kappa shape index (κ3) is 2.00. The van der Waals surface area contributed by atoms with Crippen molar-refractivity contribution in [3.63, 3.8) is 0 Å².